The first-order valence-corrected chi connectivity index (χ1v) is 26.9. The molecule has 15 rings (SSSR count). The van der Waals surface area contributed by atoms with Crippen molar-refractivity contribution >= 4 is 86.7 Å². The lowest BCUT2D eigenvalue weighted by atomic mass is 9.85. The molecule has 0 bridgehead atoms. The van der Waals surface area contributed by atoms with Crippen LogP contribution in [0.5, 0.6) is 0 Å². The SMILES string of the molecule is CC(C)(C)c1ccc2c(c1)c1cc(C(C)(C)C)ccc1n2-c1ccc2c(c1)-c1ccc3c4ccc5c6c(ccc(c7ccc-2c1c73)c64)-c1cc(-n2c3ccc(C(C)(C)C)cc3c3cc(C(C)(C)C)ccc32)ccc1-5. The quantitative estimate of drug-likeness (QED) is 0.121. The molecule has 74 heavy (non-hydrogen) atoms. The Bertz CT molecular complexity index is 4210. The van der Waals surface area contributed by atoms with E-state index in [1.165, 1.54) is 165 Å². The molecule has 2 nitrogen and oxygen atoms in total. The van der Waals surface area contributed by atoms with Gasteiger partial charge in [0, 0.05) is 32.9 Å². The van der Waals surface area contributed by atoms with E-state index in [1.54, 1.807) is 0 Å². The highest BCUT2D eigenvalue weighted by Crippen LogP contribution is 2.56. The van der Waals surface area contributed by atoms with Gasteiger partial charge in [0.1, 0.15) is 0 Å². The van der Waals surface area contributed by atoms with Gasteiger partial charge >= 0.3 is 0 Å². The van der Waals surface area contributed by atoms with Crippen LogP contribution in [0, 0.1) is 0 Å². The summed E-state index contributed by atoms with van der Waals surface area (Å²) in [6.45, 7) is 27.8. The topological polar surface area (TPSA) is 9.86 Å². The Labute approximate surface area is 434 Å². The normalized spacial score (nSPS) is 13.7. The van der Waals surface area contributed by atoms with Crippen molar-refractivity contribution in [2.24, 2.45) is 0 Å². The Hall–Kier alpha value is -7.68. The lowest BCUT2D eigenvalue weighted by Gasteiger charge is -2.19. The van der Waals surface area contributed by atoms with Crippen LogP contribution in [-0.2, 0) is 21.7 Å². The molecule has 2 heteroatoms. The summed E-state index contributed by atoms with van der Waals surface area (Å²) in [7, 11) is 0. The Kier molecular flexibility index (Phi) is 8.37. The molecule has 0 N–H and O–H groups in total. The number of aromatic nitrogens is 2. The van der Waals surface area contributed by atoms with E-state index in [9.17, 15) is 0 Å². The number of rotatable bonds is 2. The van der Waals surface area contributed by atoms with Crippen molar-refractivity contribution in [2.75, 3.05) is 0 Å². The van der Waals surface area contributed by atoms with Gasteiger partial charge in [-0.1, -0.05) is 168 Å². The third-order valence-corrected chi connectivity index (χ3v) is 17.6. The Morgan fingerprint density at radius 2 is 0.473 bits per heavy atom. The standard InChI is InChI=1S/C72H62N2/c1-69(2,3)39-13-29-61-57(33-39)58-34-40(70(4,5)6)14-30-62(58)73(61)43-17-19-45-47-21-23-49-52-26-28-54-56-38-44(74-63-31-15-41(71(7,8)9)35-59(63)60-36-42(72(10,11)12)16-32-64(60)74)18-20-46(56)48-22-24-50(68(52)66(48)54)51-25-27-53(55(45)37-43)65(47)67(49)51/h13-38H,1-12H3. The molecule has 0 fully saturated rings. The highest BCUT2D eigenvalue weighted by Gasteiger charge is 2.31. The lowest BCUT2D eigenvalue weighted by molar-refractivity contribution is 0.590. The van der Waals surface area contributed by atoms with E-state index in [0.29, 0.717) is 0 Å². The molecule has 0 radical (unpaired) electrons. The predicted octanol–water partition coefficient (Wildman–Crippen LogP) is 20.4. The van der Waals surface area contributed by atoms with Gasteiger partial charge in [0.15, 0.2) is 0 Å². The molecular weight excluding hydrogens is 893 g/mol. The summed E-state index contributed by atoms with van der Waals surface area (Å²) >= 11 is 0. The monoisotopic (exact) mass is 954 g/mol. The molecule has 0 saturated carbocycles. The number of hydrogen-bond donors (Lipinski definition) is 0. The number of nitrogens with zero attached hydrogens (tertiary/aromatic N) is 2. The Morgan fingerprint density at radius 1 is 0.216 bits per heavy atom. The summed E-state index contributed by atoms with van der Waals surface area (Å²) in [6.07, 6.45) is 0. The van der Waals surface area contributed by atoms with Crippen molar-refractivity contribution in [3.05, 3.63) is 180 Å². The van der Waals surface area contributed by atoms with E-state index in [4.69, 9.17) is 0 Å². The average Bonchev–Trinajstić information content (AvgIpc) is 4.11. The van der Waals surface area contributed by atoms with Crippen molar-refractivity contribution < 1.29 is 0 Å². The van der Waals surface area contributed by atoms with E-state index < -0.39 is 0 Å². The van der Waals surface area contributed by atoms with Crippen molar-refractivity contribution in [2.45, 2.75) is 105 Å². The van der Waals surface area contributed by atoms with E-state index in [2.05, 4.69) is 250 Å². The highest BCUT2D eigenvalue weighted by atomic mass is 15.0. The van der Waals surface area contributed by atoms with Gasteiger partial charge in [0.2, 0.25) is 0 Å². The molecule has 0 unspecified atom stereocenters. The predicted molar refractivity (Wildman–Crippen MR) is 320 cm³/mol. The summed E-state index contributed by atoms with van der Waals surface area (Å²) in [5.74, 6) is 0. The van der Waals surface area contributed by atoms with Crippen LogP contribution in [0.4, 0.5) is 0 Å². The molecule has 11 aromatic carbocycles. The highest BCUT2D eigenvalue weighted by molar-refractivity contribution is 6.40. The maximum Gasteiger partial charge on any atom is 0.0541 e. The van der Waals surface area contributed by atoms with E-state index in [-0.39, 0.29) is 21.7 Å². The Morgan fingerprint density at radius 3 is 0.743 bits per heavy atom. The van der Waals surface area contributed by atoms with Crippen LogP contribution in [0.2, 0.25) is 0 Å². The van der Waals surface area contributed by atoms with Gasteiger partial charge in [-0.15, -0.1) is 0 Å². The second kappa shape index (κ2) is 14.1. The van der Waals surface area contributed by atoms with Crippen LogP contribution in [-0.4, -0.2) is 9.13 Å². The van der Waals surface area contributed by atoms with Crippen molar-refractivity contribution in [1.82, 2.24) is 9.13 Å². The van der Waals surface area contributed by atoms with Crippen LogP contribution >= 0.6 is 0 Å². The van der Waals surface area contributed by atoms with Crippen LogP contribution in [0.25, 0.3) is 143 Å². The van der Waals surface area contributed by atoms with Gasteiger partial charge < -0.3 is 9.13 Å². The van der Waals surface area contributed by atoms with Crippen LogP contribution in [0.15, 0.2) is 158 Å². The molecular formula is C72H62N2. The van der Waals surface area contributed by atoms with Gasteiger partial charge in [-0.25, -0.2) is 0 Å². The fourth-order valence-corrected chi connectivity index (χ4v) is 13.5. The van der Waals surface area contributed by atoms with E-state index in [1.807, 2.05) is 0 Å². The van der Waals surface area contributed by atoms with Crippen LogP contribution < -0.4 is 0 Å². The molecule has 0 atom stereocenters. The fraction of sp³-hybridized carbons (Fsp3) is 0.222. The minimum absolute atomic E-state index is 0.0501. The molecule has 0 saturated heterocycles. The summed E-state index contributed by atoms with van der Waals surface area (Å²) in [5.41, 5.74) is 23.6. The third kappa shape index (κ3) is 5.83. The molecule has 2 aliphatic rings. The molecule has 2 heterocycles. The molecule has 0 aliphatic heterocycles. The van der Waals surface area contributed by atoms with Gasteiger partial charge in [0.25, 0.3) is 0 Å². The van der Waals surface area contributed by atoms with E-state index in [0.717, 1.165) is 0 Å². The average molecular weight is 955 g/mol. The minimum Gasteiger partial charge on any atom is -0.309 e. The minimum atomic E-state index is 0.0501. The largest absolute Gasteiger partial charge is 0.309 e. The van der Waals surface area contributed by atoms with Gasteiger partial charge in [-0.2, -0.15) is 0 Å². The summed E-state index contributed by atoms with van der Waals surface area (Å²) in [5, 5.41) is 16.1. The third-order valence-electron chi connectivity index (χ3n) is 17.6. The maximum absolute atomic E-state index is 2.51. The van der Waals surface area contributed by atoms with Crippen molar-refractivity contribution in [3.8, 4) is 55.9 Å². The second-order valence-electron chi connectivity index (χ2n) is 26.2. The first-order chi connectivity index (χ1) is 35.2. The molecule has 0 spiro atoms. The van der Waals surface area contributed by atoms with Crippen LogP contribution in [0.1, 0.15) is 105 Å². The Balaban J connectivity index is 0.889. The lowest BCUT2D eigenvalue weighted by Crippen LogP contribution is -2.10. The van der Waals surface area contributed by atoms with Crippen molar-refractivity contribution in [3.63, 3.8) is 0 Å². The summed E-state index contributed by atoms with van der Waals surface area (Å²) in [4.78, 5) is 0. The zero-order chi connectivity index (χ0) is 50.9. The van der Waals surface area contributed by atoms with E-state index >= 15 is 0 Å². The molecule has 13 aromatic rings. The van der Waals surface area contributed by atoms with Gasteiger partial charge in [0.05, 0.1) is 22.1 Å². The van der Waals surface area contributed by atoms with Crippen molar-refractivity contribution in [1.29, 1.82) is 0 Å². The first kappa shape index (κ1) is 43.9. The fourth-order valence-electron chi connectivity index (χ4n) is 13.5. The molecule has 360 valence electrons. The van der Waals surface area contributed by atoms with Gasteiger partial charge in [-0.3, -0.25) is 0 Å². The zero-order valence-electron chi connectivity index (χ0n) is 44.9. The van der Waals surface area contributed by atoms with Crippen LogP contribution in [0.3, 0.4) is 0 Å². The first-order valence-electron chi connectivity index (χ1n) is 26.9. The van der Waals surface area contributed by atoms with Gasteiger partial charge in [-0.05, 0) is 204 Å². The number of fused-ring (bicyclic) bond motifs is 14. The zero-order valence-corrected chi connectivity index (χ0v) is 44.9. The summed E-state index contributed by atoms with van der Waals surface area (Å²) < 4.78 is 5.02. The number of hydrogen-bond acceptors (Lipinski definition) is 0. The molecule has 2 aliphatic carbocycles. The summed E-state index contributed by atoms with van der Waals surface area (Å²) in [6, 6.07) is 62.4. The number of benzene rings is 11. The maximum atomic E-state index is 2.51. The second-order valence-corrected chi connectivity index (χ2v) is 26.2. The molecule has 0 amide bonds. The molecule has 2 aromatic heterocycles. The smallest absolute Gasteiger partial charge is 0.0541 e.